The molecule has 1 aliphatic heterocycles. The highest BCUT2D eigenvalue weighted by Crippen LogP contribution is 2.30. The molecule has 2 aromatic carbocycles. The van der Waals surface area contributed by atoms with Gasteiger partial charge in [-0.1, -0.05) is 25.1 Å². The van der Waals surface area contributed by atoms with Gasteiger partial charge in [-0.3, -0.25) is 9.59 Å². The molecular weight excluding hydrogens is 538 g/mol. The second-order valence-electron chi connectivity index (χ2n) is 9.86. The van der Waals surface area contributed by atoms with Gasteiger partial charge in [-0.25, -0.2) is 13.1 Å². The van der Waals surface area contributed by atoms with Crippen molar-refractivity contribution < 1.29 is 27.9 Å². The zero-order valence-corrected chi connectivity index (χ0v) is 23.4. The second-order valence-corrected chi connectivity index (χ2v) is 11.9. The van der Waals surface area contributed by atoms with Crippen LogP contribution in [0.4, 0.5) is 5.69 Å². The third-order valence-corrected chi connectivity index (χ3v) is 8.62. The van der Waals surface area contributed by atoms with E-state index in [9.17, 15) is 23.1 Å². The SMILES string of the molecule is C[C@@H]1CN([C@@H](C)CO)C(=O)Cc2cc(NC(=O)Cn3cnnn3)ccc2O[C@@H]1CN(C)S(=O)(=O)c1ccccc1. The summed E-state index contributed by atoms with van der Waals surface area (Å²) in [6.07, 6.45) is 0.666. The van der Waals surface area contributed by atoms with Crippen LogP contribution in [-0.2, 0) is 32.6 Å². The highest BCUT2D eigenvalue weighted by molar-refractivity contribution is 7.89. The predicted octanol–water partition coefficient (Wildman–Crippen LogP) is 0.782. The number of tetrazole rings is 1. The van der Waals surface area contributed by atoms with Crippen molar-refractivity contribution in [3.05, 3.63) is 60.4 Å². The maximum Gasteiger partial charge on any atom is 0.246 e. The van der Waals surface area contributed by atoms with Crippen molar-refractivity contribution in [3.63, 3.8) is 0 Å². The summed E-state index contributed by atoms with van der Waals surface area (Å²) in [6, 6.07) is 12.6. The van der Waals surface area contributed by atoms with Gasteiger partial charge in [0, 0.05) is 30.8 Å². The van der Waals surface area contributed by atoms with Gasteiger partial charge in [-0.2, -0.15) is 4.31 Å². The molecular formula is C26H33N7O6S. The van der Waals surface area contributed by atoms with Crippen LogP contribution in [0.1, 0.15) is 19.4 Å². The fraction of sp³-hybridized carbons (Fsp3) is 0.423. The van der Waals surface area contributed by atoms with E-state index in [2.05, 4.69) is 20.8 Å². The Morgan fingerprint density at radius 3 is 2.67 bits per heavy atom. The molecule has 14 heteroatoms. The van der Waals surface area contributed by atoms with Crippen LogP contribution < -0.4 is 10.1 Å². The molecule has 0 unspecified atom stereocenters. The highest BCUT2D eigenvalue weighted by Gasteiger charge is 2.33. The van der Waals surface area contributed by atoms with Crippen molar-refractivity contribution in [2.45, 2.75) is 43.9 Å². The third-order valence-electron chi connectivity index (χ3n) is 6.79. The Kier molecular flexibility index (Phi) is 9.12. The number of sulfonamides is 1. The van der Waals surface area contributed by atoms with Crippen LogP contribution in [0.3, 0.4) is 0 Å². The van der Waals surface area contributed by atoms with E-state index >= 15 is 0 Å². The van der Waals surface area contributed by atoms with Gasteiger partial charge in [0.15, 0.2) is 0 Å². The Bertz CT molecular complexity index is 1420. The number of aliphatic hydroxyl groups is 1. The van der Waals surface area contributed by atoms with Crippen LogP contribution in [0.25, 0.3) is 0 Å². The fourth-order valence-corrected chi connectivity index (χ4v) is 5.65. The first-order valence-electron chi connectivity index (χ1n) is 12.8. The number of aliphatic hydroxyl groups excluding tert-OH is 1. The normalized spacial score (nSPS) is 18.7. The van der Waals surface area contributed by atoms with Gasteiger partial charge in [0.05, 0.1) is 30.5 Å². The zero-order valence-electron chi connectivity index (χ0n) is 22.5. The Labute approximate surface area is 232 Å². The Balaban J connectivity index is 1.62. The van der Waals surface area contributed by atoms with E-state index in [1.807, 2.05) is 6.92 Å². The van der Waals surface area contributed by atoms with Gasteiger partial charge in [0.25, 0.3) is 0 Å². The number of anilines is 1. The molecule has 0 fully saturated rings. The molecule has 0 aliphatic carbocycles. The molecule has 40 heavy (non-hydrogen) atoms. The van der Waals surface area contributed by atoms with Crippen molar-refractivity contribution in [1.82, 2.24) is 29.4 Å². The molecule has 0 saturated heterocycles. The number of hydrogen-bond donors (Lipinski definition) is 2. The van der Waals surface area contributed by atoms with Gasteiger partial charge >= 0.3 is 0 Å². The van der Waals surface area contributed by atoms with Gasteiger partial charge < -0.3 is 20.1 Å². The summed E-state index contributed by atoms with van der Waals surface area (Å²) in [5.74, 6) is -0.459. The van der Waals surface area contributed by atoms with E-state index in [1.54, 1.807) is 48.2 Å². The minimum Gasteiger partial charge on any atom is -0.488 e. The Morgan fingerprint density at radius 1 is 1.25 bits per heavy atom. The number of ether oxygens (including phenoxy) is 1. The number of amides is 2. The summed E-state index contributed by atoms with van der Waals surface area (Å²) in [4.78, 5) is 27.6. The third kappa shape index (κ3) is 6.81. The Morgan fingerprint density at radius 2 is 2.00 bits per heavy atom. The number of hydrogen-bond acceptors (Lipinski definition) is 9. The smallest absolute Gasteiger partial charge is 0.246 e. The number of carbonyl (C=O) groups is 2. The number of nitrogens with zero attached hydrogens (tertiary/aromatic N) is 6. The van der Waals surface area contributed by atoms with E-state index in [1.165, 1.54) is 34.5 Å². The maximum absolute atomic E-state index is 13.4. The predicted molar refractivity (Wildman–Crippen MR) is 145 cm³/mol. The molecule has 2 heterocycles. The molecule has 214 valence electrons. The van der Waals surface area contributed by atoms with E-state index in [0.29, 0.717) is 17.0 Å². The van der Waals surface area contributed by atoms with E-state index < -0.39 is 22.2 Å². The molecule has 2 N–H and O–H groups in total. The largest absolute Gasteiger partial charge is 0.488 e. The molecule has 1 aromatic heterocycles. The van der Waals surface area contributed by atoms with Crippen molar-refractivity contribution in [2.24, 2.45) is 5.92 Å². The standard InChI is InChI=1S/C26H33N7O6S/c1-18-13-33(19(2)16-34)26(36)12-20-11-21(28-25(35)15-32-17-27-29-30-32)9-10-23(20)39-24(18)14-31(3)40(37,38)22-7-5-4-6-8-22/h4-11,17-19,24,34H,12-16H2,1-3H3,(H,28,35)/t18-,19+,24-/m1/s1. The number of rotatable bonds is 9. The molecule has 3 atom stereocenters. The van der Waals surface area contributed by atoms with E-state index in [4.69, 9.17) is 4.74 Å². The molecule has 13 nitrogen and oxygen atoms in total. The first kappa shape index (κ1) is 29.1. The molecule has 0 spiro atoms. The molecule has 1 aliphatic rings. The number of fused-ring (bicyclic) bond motifs is 1. The average molecular weight is 572 g/mol. The van der Waals surface area contributed by atoms with Crippen molar-refractivity contribution in [2.75, 3.05) is 32.1 Å². The van der Waals surface area contributed by atoms with E-state index in [0.717, 1.165) is 0 Å². The second kappa shape index (κ2) is 12.5. The summed E-state index contributed by atoms with van der Waals surface area (Å²) in [7, 11) is -2.29. The first-order chi connectivity index (χ1) is 19.1. The van der Waals surface area contributed by atoms with E-state index in [-0.39, 0.29) is 55.3 Å². The lowest BCUT2D eigenvalue weighted by atomic mass is 10.0. The molecule has 0 saturated carbocycles. The number of nitrogens with one attached hydrogen (secondary N) is 1. The van der Waals surface area contributed by atoms with Crippen molar-refractivity contribution in [3.8, 4) is 5.75 Å². The topological polar surface area (TPSA) is 160 Å². The molecule has 2 amide bonds. The summed E-state index contributed by atoms with van der Waals surface area (Å²) in [5, 5.41) is 23.3. The number of carbonyl (C=O) groups excluding carboxylic acids is 2. The summed E-state index contributed by atoms with van der Waals surface area (Å²) in [5.41, 5.74) is 0.968. The van der Waals surface area contributed by atoms with Crippen LogP contribution >= 0.6 is 0 Å². The first-order valence-corrected chi connectivity index (χ1v) is 14.2. The molecule has 0 bridgehead atoms. The number of benzene rings is 2. The summed E-state index contributed by atoms with van der Waals surface area (Å²) >= 11 is 0. The molecule has 0 radical (unpaired) electrons. The highest BCUT2D eigenvalue weighted by atomic mass is 32.2. The quantitative estimate of drug-likeness (QED) is 0.378. The fourth-order valence-electron chi connectivity index (χ4n) is 4.45. The average Bonchev–Trinajstić information content (AvgIpc) is 3.45. The van der Waals surface area contributed by atoms with Gasteiger partial charge in [0.2, 0.25) is 21.8 Å². The minimum absolute atomic E-state index is 0.0256. The van der Waals surface area contributed by atoms with Gasteiger partial charge in [-0.05, 0) is 47.7 Å². The summed E-state index contributed by atoms with van der Waals surface area (Å²) in [6.45, 7) is 3.60. The van der Waals surface area contributed by atoms with Crippen LogP contribution in [-0.4, -0.2) is 93.6 Å². The van der Waals surface area contributed by atoms with Crippen LogP contribution in [0.15, 0.2) is 59.8 Å². The molecule has 3 aromatic rings. The van der Waals surface area contributed by atoms with Crippen LogP contribution in [0.2, 0.25) is 0 Å². The minimum atomic E-state index is -3.79. The summed E-state index contributed by atoms with van der Waals surface area (Å²) < 4.78 is 35.4. The zero-order chi connectivity index (χ0) is 28.9. The van der Waals surface area contributed by atoms with Gasteiger partial charge in [-0.15, -0.1) is 5.10 Å². The Hall–Kier alpha value is -3.88. The lowest BCUT2D eigenvalue weighted by Gasteiger charge is -2.33. The monoisotopic (exact) mass is 571 g/mol. The van der Waals surface area contributed by atoms with Crippen LogP contribution in [0, 0.1) is 5.92 Å². The lowest BCUT2D eigenvalue weighted by Crippen LogP contribution is -2.48. The van der Waals surface area contributed by atoms with Gasteiger partial charge in [0.1, 0.15) is 24.7 Å². The van der Waals surface area contributed by atoms with Crippen molar-refractivity contribution in [1.29, 1.82) is 0 Å². The van der Waals surface area contributed by atoms with Crippen LogP contribution in [0.5, 0.6) is 5.75 Å². The lowest BCUT2D eigenvalue weighted by molar-refractivity contribution is -0.134. The maximum atomic E-state index is 13.4. The number of aromatic nitrogens is 4. The van der Waals surface area contributed by atoms with Crippen molar-refractivity contribution >= 4 is 27.5 Å². The number of likely N-dealkylation sites (N-methyl/N-ethyl adjacent to an activating group) is 1. The molecule has 4 rings (SSSR count).